The highest BCUT2D eigenvalue weighted by molar-refractivity contribution is 7.99. The molecule has 9 heteroatoms. The number of thiophene rings is 1. The summed E-state index contributed by atoms with van der Waals surface area (Å²) in [5, 5.41) is 1.17. The highest BCUT2D eigenvalue weighted by Gasteiger charge is 2.15. The fraction of sp³-hybridized carbons (Fsp3) is 0.263. The maximum atomic E-state index is 13.0. The van der Waals surface area contributed by atoms with Crippen molar-refractivity contribution in [3.8, 4) is 10.4 Å². The van der Waals surface area contributed by atoms with Gasteiger partial charge in [-0.2, -0.15) is 0 Å². The minimum absolute atomic E-state index is 0.0432. The van der Waals surface area contributed by atoms with Gasteiger partial charge < -0.3 is 0 Å². The molecule has 0 bridgehead atoms. The van der Waals surface area contributed by atoms with E-state index in [0.29, 0.717) is 34.1 Å². The summed E-state index contributed by atoms with van der Waals surface area (Å²) in [4.78, 5) is 19.4. The number of allylic oxidation sites excluding steroid dienone is 1. The Morgan fingerprint density at radius 2 is 2.07 bits per heavy atom. The summed E-state index contributed by atoms with van der Waals surface area (Å²) in [6, 6.07) is 11.8. The lowest BCUT2D eigenvalue weighted by Crippen LogP contribution is -2.23. The van der Waals surface area contributed by atoms with Crippen molar-refractivity contribution >= 4 is 43.3 Å². The summed E-state index contributed by atoms with van der Waals surface area (Å²) in [7, 11) is -1.83. The second-order valence-electron chi connectivity index (χ2n) is 6.02. The van der Waals surface area contributed by atoms with Crippen molar-refractivity contribution in [1.82, 2.24) is 14.3 Å². The molecule has 0 aliphatic heterocycles. The van der Waals surface area contributed by atoms with Gasteiger partial charge in [-0.05, 0) is 25.1 Å². The Morgan fingerprint density at radius 3 is 2.75 bits per heavy atom. The summed E-state index contributed by atoms with van der Waals surface area (Å²) in [6.45, 7) is 4.09. The first-order chi connectivity index (χ1) is 13.4. The standard InChI is InChI=1S/C19H21N3O3S3/c1-3-10-22-18(23)15-13-16(14-8-5-4-6-9-14)27-17(15)21-19(22)26-11-7-12-28(24,25)20-2/h3-6,8-9,13,20H,1,7,10-12H2,2H3. The van der Waals surface area contributed by atoms with Crippen LogP contribution in [0, 0.1) is 0 Å². The number of fused-ring (bicyclic) bond motifs is 1. The predicted octanol–water partition coefficient (Wildman–Crippen LogP) is 3.34. The Labute approximate surface area is 172 Å². The molecule has 2 aromatic heterocycles. The molecular weight excluding hydrogens is 414 g/mol. The molecule has 148 valence electrons. The number of sulfonamides is 1. The van der Waals surface area contributed by atoms with E-state index in [1.807, 2.05) is 36.4 Å². The molecule has 0 radical (unpaired) electrons. The molecule has 0 aliphatic carbocycles. The van der Waals surface area contributed by atoms with E-state index in [1.54, 1.807) is 10.6 Å². The molecule has 3 rings (SSSR count). The SMILES string of the molecule is C=CCn1c(SCCCS(=O)(=O)NC)nc2sc(-c3ccccc3)cc2c1=O. The van der Waals surface area contributed by atoms with Crippen LogP contribution in [0.3, 0.4) is 0 Å². The van der Waals surface area contributed by atoms with E-state index in [2.05, 4.69) is 16.3 Å². The third-order valence-corrected chi connectivity index (χ3v) is 7.67. The van der Waals surface area contributed by atoms with Crippen molar-refractivity contribution in [1.29, 1.82) is 0 Å². The number of thioether (sulfide) groups is 1. The van der Waals surface area contributed by atoms with Crippen LogP contribution in [0.2, 0.25) is 0 Å². The molecule has 2 heterocycles. The van der Waals surface area contributed by atoms with Gasteiger partial charge in [0.05, 0.1) is 11.1 Å². The van der Waals surface area contributed by atoms with Gasteiger partial charge in [-0.15, -0.1) is 17.9 Å². The van der Waals surface area contributed by atoms with E-state index in [4.69, 9.17) is 0 Å². The van der Waals surface area contributed by atoms with Crippen LogP contribution >= 0.6 is 23.1 Å². The molecule has 0 saturated carbocycles. The van der Waals surface area contributed by atoms with E-state index in [1.165, 1.54) is 30.1 Å². The average molecular weight is 436 g/mol. The molecule has 0 amide bonds. The topological polar surface area (TPSA) is 81.1 Å². The van der Waals surface area contributed by atoms with Crippen molar-refractivity contribution in [2.75, 3.05) is 18.6 Å². The zero-order valence-electron chi connectivity index (χ0n) is 15.4. The van der Waals surface area contributed by atoms with E-state index >= 15 is 0 Å². The summed E-state index contributed by atoms with van der Waals surface area (Å²) in [5.74, 6) is 0.592. The highest BCUT2D eigenvalue weighted by Crippen LogP contribution is 2.32. The van der Waals surface area contributed by atoms with Crippen LogP contribution in [0.15, 0.2) is 59.0 Å². The van der Waals surface area contributed by atoms with Gasteiger partial charge >= 0.3 is 0 Å². The van der Waals surface area contributed by atoms with Gasteiger partial charge in [-0.3, -0.25) is 9.36 Å². The third kappa shape index (κ3) is 4.72. The zero-order valence-corrected chi connectivity index (χ0v) is 17.9. The van der Waals surface area contributed by atoms with Crippen molar-refractivity contribution in [2.45, 2.75) is 18.1 Å². The fourth-order valence-corrected chi connectivity index (χ4v) is 5.59. The maximum Gasteiger partial charge on any atom is 0.263 e. The van der Waals surface area contributed by atoms with Gasteiger partial charge in [0.1, 0.15) is 4.83 Å². The van der Waals surface area contributed by atoms with Crippen molar-refractivity contribution in [3.63, 3.8) is 0 Å². The number of rotatable bonds is 9. The highest BCUT2D eigenvalue weighted by atomic mass is 32.2. The van der Waals surface area contributed by atoms with Crippen molar-refractivity contribution in [3.05, 3.63) is 59.4 Å². The summed E-state index contributed by atoms with van der Waals surface area (Å²) >= 11 is 2.87. The second-order valence-corrected chi connectivity index (χ2v) is 10.2. The largest absolute Gasteiger partial charge is 0.283 e. The Bertz CT molecular complexity index is 1140. The number of hydrogen-bond donors (Lipinski definition) is 1. The number of benzene rings is 1. The predicted molar refractivity (Wildman–Crippen MR) is 118 cm³/mol. The Hall–Kier alpha value is -1.94. The third-order valence-electron chi connectivity index (χ3n) is 4.09. The fourth-order valence-electron chi connectivity index (χ4n) is 2.66. The number of aromatic nitrogens is 2. The van der Waals surface area contributed by atoms with Crippen LogP contribution in [0.25, 0.3) is 20.7 Å². The molecule has 0 aliphatic rings. The van der Waals surface area contributed by atoms with Crippen molar-refractivity contribution < 1.29 is 8.42 Å². The van der Waals surface area contributed by atoms with Crippen LogP contribution in [-0.2, 0) is 16.6 Å². The maximum absolute atomic E-state index is 13.0. The molecule has 0 saturated heterocycles. The average Bonchev–Trinajstić information content (AvgIpc) is 3.13. The van der Waals surface area contributed by atoms with Crippen LogP contribution in [0.4, 0.5) is 0 Å². The number of nitrogens with one attached hydrogen (secondary N) is 1. The zero-order chi connectivity index (χ0) is 20.1. The van der Waals surface area contributed by atoms with Crippen LogP contribution in [0.5, 0.6) is 0 Å². The number of nitrogens with zero attached hydrogens (tertiary/aromatic N) is 2. The smallest absolute Gasteiger partial charge is 0.263 e. The second kappa shape index (κ2) is 9.04. The monoisotopic (exact) mass is 435 g/mol. The lowest BCUT2D eigenvalue weighted by Gasteiger charge is -2.09. The van der Waals surface area contributed by atoms with E-state index in [0.717, 1.165) is 10.4 Å². The summed E-state index contributed by atoms with van der Waals surface area (Å²) in [6.07, 6.45) is 2.13. The molecule has 0 fully saturated rings. The molecule has 6 nitrogen and oxygen atoms in total. The van der Waals surface area contributed by atoms with Crippen LogP contribution < -0.4 is 10.3 Å². The van der Waals surface area contributed by atoms with Gasteiger partial charge in [-0.25, -0.2) is 18.1 Å². The van der Waals surface area contributed by atoms with Gasteiger partial charge in [0.15, 0.2) is 5.16 Å². The van der Waals surface area contributed by atoms with E-state index < -0.39 is 10.0 Å². The summed E-state index contributed by atoms with van der Waals surface area (Å²) < 4.78 is 27.0. The lowest BCUT2D eigenvalue weighted by atomic mass is 10.2. The molecule has 0 spiro atoms. The molecule has 0 atom stereocenters. The van der Waals surface area contributed by atoms with Gasteiger partial charge in [0.2, 0.25) is 10.0 Å². The first-order valence-corrected chi connectivity index (χ1v) is 12.2. The molecule has 1 aromatic carbocycles. The van der Waals surface area contributed by atoms with E-state index in [9.17, 15) is 13.2 Å². The van der Waals surface area contributed by atoms with E-state index in [-0.39, 0.29) is 11.3 Å². The number of hydrogen-bond acceptors (Lipinski definition) is 6. The van der Waals surface area contributed by atoms with Crippen LogP contribution in [-0.4, -0.2) is 36.5 Å². The first-order valence-electron chi connectivity index (χ1n) is 8.70. The molecule has 28 heavy (non-hydrogen) atoms. The minimum Gasteiger partial charge on any atom is -0.283 e. The minimum atomic E-state index is -3.23. The molecule has 0 unspecified atom stereocenters. The Kier molecular flexibility index (Phi) is 6.71. The van der Waals surface area contributed by atoms with Gasteiger partial charge in [0, 0.05) is 17.2 Å². The molecular formula is C19H21N3O3S3. The van der Waals surface area contributed by atoms with Gasteiger partial charge in [0.25, 0.3) is 5.56 Å². The van der Waals surface area contributed by atoms with Gasteiger partial charge in [-0.1, -0.05) is 48.2 Å². The Balaban J connectivity index is 1.91. The molecule has 3 aromatic rings. The Morgan fingerprint density at radius 1 is 1.32 bits per heavy atom. The summed E-state index contributed by atoms with van der Waals surface area (Å²) in [5.41, 5.74) is 0.945. The quantitative estimate of drug-likeness (QED) is 0.241. The first kappa shape index (κ1) is 20.8. The lowest BCUT2D eigenvalue weighted by molar-refractivity contribution is 0.587. The van der Waals surface area contributed by atoms with Crippen molar-refractivity contribution in [2.24, 2.45) is 0 Å². The molecule has 1 N–H and O–H groups in total. The normalized spacial score (nSPS) is 11.8. The van der Waals surface area contributed by atoms with Crippen LogP contribution in [0.1, 0.15) is 6.42 Å².